The standard InChI is InChI=1S/C12H12BrN3O4/c1-15-11(17)5-4-10(12(15)18)14-9-3-2-7(16(19)20)6-8(9)13/h2-3,6,10,14H,4-5H2,1H3. The first-order valence-corrected chi connectivity index (χ1v) is 6.70. The summed E-state index contributed by atoms with van der Waals surface area (Å²) in [6.07, 6.45) is 0.704. The van der Waals surface area contributed by atoms with Crippen LogP contribution in [0.3, 0.4) is 0 Å². The van der Waals surface area contributed by atoms with Crippen molar-refractivity contribution in [2.45, 2.75) is 18.9 Å². The molecule has 0 aliphatic carbocycles. The van der Waals surface area contributed by atoms with Gasteiger partial charge in [0.2, 0.25) is 5.91 Å². The number of anilines is 1. The van der Waals surface area contributed by atoms with Crippen molar-refractivity contribution in [3.8, 4) is 0 Å². The Kier molecular flexibility index (Phi) is 4.03. The molecule has 0 bridgehead atoms. The number of non-ortho nitro benzene ring substituents is 1. The first-order valence-electron chi connectivity index (χ1n) is 5.91. The van der Waals surface area contributed by atoms with E-state index in [0.29, 0.717) is 23.0 Å². The van der Waals surface area contributed by atoms with Gasteiger partial charge < -0.3 is 5.32 Å². The first-order chi connectivity index (χ1) is 9.40. The summed E-state index contributed by atoms with van der Waals surface area (Å²) in [7, 11) is 1.45. The van der Waals surface area contributed by atoms with Crippen molar-refractivity contribution in [3.05, 3.63) is 32.8 Å². The van der Waals surface area contributed by atoms with E-state index >= 15 is 0 Å². The number of rotatable bonds is 3. The smallest absolute Gasteiger partial charge is 0.270 e. The van der Waals surface area contributed by atoms with Crippen LogP contribution in [0, 0.1) is 10.1 Å². The molecule has 1 aromatic carbocycles. The second-order valence-electron chi connectivity index (χ2n) is 4.45. The van der Waals surface area contributed by atoms with Gasteiger partial charge in [-0.3, -0.25) is 24.6 Å². The molecule has 0 aromatic heterocycles. The molecule has 0 spiro atoms. The van der Waals surface area contributed by atoms with E-state index in [4.69, 9.17) is 0 Å². The number of piperidine rings is 1. The number of nitrogens with one attached hydrogen (secondary N) is 1. The Bertz CT molecular complexity index is 590. The fourth-order valence-corrected chi connectivity index (χ4v) is 2.45. The molecule has 1 N–H and O–H groups in total. The Morgan fingerprint density at radius 1 is 1.45 bits per heavy atom. The molecule has 1 atom stereocenters. The highest BCUT2D eigenvalue weighted by Gasteiger charge is 2.31. The second-order valence-corrected chi connectivity index (χ2v) is 5.30. The third kappa shape index (κ3) is 2.79. The maximum atomic E-state index is 11.9. The predicted molar refractivity (Wildman–Crippen MR) is 75.2 cm³/mol. The lowest BCUT2D eigenvalue weighted by Crippen LogP contribution is -2.48. The van der Waals surface area contributed by atoms with Crippen molar-refractivity contribution in [1.82, 2.24) is 4.90 Å². The molecule has 106 valence electrons. The molecule has 1 fully saturated rings. The Balaban J connectivity index is 2.16. The van der Waals surface area contributed by atoms with E-state index in [1.54, 1.807) is 0 Å². The Morgan fingerprint density at radius 3 is 2.75 bits per heavy atom. The van der Waals surface area contributed by atoms with Crippen LogP contribution in [0.1, 0.15) is 12.8 Å². The summed E-state index contributed by atoms with van der Waals surface area (Å²) in [5, 5.41) is 13.7. The van der Waals surface area contributed by atoms with E-state index < -0.39 is 11.0 Å². The molecule has 2 rings (SSSR count). The summed E-state index contributed by atoms with van der Waals surface area (Å²) >= 11 is 3.23. The van der Waals surface area contributed by atoms with Gasteiger partial charge in [-0.05, 0) is 28.4 Å². The van der Waals surface area contributed by atoms with Crippen LogP contribution in [0.5, 0.6) is 0 Å². The quantitative estimate of drug-likeness (QED) is 0.515. The van der Waals surface area contributed by atoms with Crippen LogP contribution in [-0.2, 0) is 9.59 Å². The number of hydrogen-bond donors (Lipinski definition) is 1. The zero-order valence-corrected chi connectivity index (χ0v) is 12.2. The highest BCUT2D eigenvalue weighted by Crippen LogP contribution is 2.28. The van der Waals surface area contributed by atoms with Crippen molar-refractivity contribution in [2.75, 3.05) is 12.4 Å². The van der Waals surface area contributed by atoms with Crippen LogP contribution in [-0.4, -0.2) is 34.7 Å². The summed E-state index contributed by atoms with van der Waals surface area (Å²) in [4.78, 5) is 34.6. The molecule has 1 unspecified atom stereocenters. The van der Waals surface area contributed by atoms with E-state index in [1.807, 2.05) is 0 Å². The van der Waals surface area contributed by atoms with E-state index in [0.717, 1.165) is 4.90 Å². The van der Waals surface area contributed by atoms with Gasteiger partial charge in [0.15, 0.2) is 0 Å². The van der Waals surface area contributed by atoms with Crippen LogP contribution in [0.4, 0.5) is 11.4 Å². The first kappa shape index (κ1) is 14.4. The number of benzene rings is 1. The van der Waals surface area contributed by atoms with Gasteiger partial charge in [-0.15, -0.1) is 0 Å². The van der Waals surface area contributed by atoms with Crippen LogP contribution in [0.25, 0.3) is 0 Å². The zero-order chi connectivity index (χ0) is 14.9. The number of carbonyl (C=O) groups is 2. The maximum Gasteiger partial charge on any atom is 0.270 e. The maximum absolute atomic E-state index is 11.9. The summed E-state index contributed by atoms with van der Waals surface area (Å²) in [6, 6.07) is 3.75. The van der Waals surface area contributed by atoms with Crippen molar-refractivity contribution in [3.63, 3.8) is 0 Å². The summed E-state index contributed by atoms with van der Waals surface area (Å²) < 4.78 is 0.499. The number of carbonyl (C=O) groups excluding carboxylic acids is 2. The van der Waals surface area contributed by atoms with Gasteiger partial charge in [-0.25, -0.2) is 0 Å². The third-order valence-electron chi connectivity index (χ3n) is 3.14. The molecule has 0 radical (unpaired) electrons. The molecule has 1 aliphatic heterocycles. The van der Waals surface area contributed by atoms with Crippen LogP contribution in [0.2, 0.25) is 0 Å². The molecule has 0 saturated carbocycles. The summed E-state index contributed by atoms with van der Waals surface area (Å²) in [6.45, 7) is 0. The molecule has 1 aromatic rings. The molecule has 2 amide bonds. The lowest BCUT2D eigenvalue weighted by Gasteiger charge is -2.29. The molecule has 1 saturated heterocycles. The van der Waals surface area contributed by atoms with Crippen molar-refractivity contribution >= 4 is 39.1 Å². The summed E-state index contributed by atoms with van der Waals surface area (Å²) in [5.74, 6) is -0.498. The number of imide groups is 1. The highest BCUT2D eigenvalue weighted by molar-refractivity contribution is 9.10. The predicted octanol–water partition coefficient (Wildman–Crippen LogP) is 1.92. The molecule has 8 heteroatoms. The lowest BCUT2D eigenvalue weighted by atomic mass is 10.0. The lowest BCUT2D eigenvalue weighted by molar-refractivity contribution is -0.384. The molecular weight excluding hydrogens is 330 g/mol. The molecule has 1 heterocycles. The van der Waals surface area contributed by atoms with Gasteiger partial charge in [-0.2, -0.15) is 0 Å². The van der Waals surface area contributed by atoms with E-state index in [2.05, 4.69) is 21.2 Å². The fraction of sp³-hybridized carbons (Fsp3) is 0.333. The number of likely N-dealkylation sites (tertiary alicyclic amines) is 1. The van der Waals surface area contributed by atoms with E-state index in [-0.39, 0.29) is 17.5 Å². The van der Waals surface area contributed by atoms with Crippen molar-refractivity contribution in [2.24, 2.45) is 0 Å². The van der Waals surface area contributed by atoms with Gasteiger partial charge in [-0.1, -0.05) is 0 Å². The molecular formula is C12H12BrN3O4. The molecule has 7 nitrogen and oxygen atoms in total. The van der Waals surface area contributed by atoms with Gasteiger partial charge in [0, 0.05) is 35.8 Å². The van der Waals surface area contributed by atoms with Gasteiger partial charge in [0.1, 0.15) is 6.04 Å². The zero-order valence-electron chi connectivity index (χ0n) is 10.6. The van der Waals surface area contributed by atoms with Crippen molar-refractivity contribution < 1.29 is 14.5 Å². The minimum atomic E-state index is -0.504. The Morgan fingerprint density at radius 2 is 2.15 bits per heavy atom. The van der Waals surface area contributed by atoms with E-state index in [9.17, 15) is 19.7 Å². The van der Waals surface area contributed by atoms with Gasteiger partial charge >= 0.3 is 0 Å². The summed E-state index contributed by atoms with van der Waals surface area (Å²) in [5.41, 5.74) is 0.543. The average molecular weight is 342 g/mol. The van der Waals surface area contributed by atoms with Crippen LogP contribution >= 0.6 is 15.9 Å². The molecule has 20 heavy (non-hydrogen) atoms. The number of hydrogen-bond acceptors (Lipinski definition) is 5. The minimum absolute atomic E-state index is 0.0373. The fourth-order valence-electron chi connectivity index (χ4n) is 1.97. The number of halogens is 1. The number of amides is 2. The highest BCUT2D eigenvalue weighted by atomic mass is 79.9. The largest absolute Gasteiger partial charge is 0.373 e. The SMILES string of the molecule is CN1C(=O)CCC(Nc2ccc([N+](=O)[O-])cc2Br)C1=O. The van der Waals surface area contributed by atoms with Crippen LogP contribution < -0.4 is 5.32 Å². The number of nitro groups is 1. The topological polar surface area (TPSA) is 92.6 Å². The monoisotopic (exact) mass is 341 g/mol. The number of likely N-dealkylation sites (N-methyl/N-ethyl adjacent to an activating group) is 1. The molecule has 1 aliphatic rings. The average Bonchev–Trinajstić information content (AvgIpc) is 2.41. The van der Waals surface area contributed by atoms with Gasteiger partial charge in [0.25, 0.3) is 11.6 Å². The minimum Gasteiger partial charge on any atom is -0.373 e. The Hall–Kier alpha value is -1.96. The second kappa shape index (κ2) is 5.58. The number of nitro benzene ring substituents is 1. The van der Waals surface area contributed by atoms with E-state index in [1.165, 1.54) is 25.2 Å². The normalized spacial score (nSPS) is 19.1. The van der Waals surface area contributed by atoms with Gasteiger partial charge in [0.05, 0.1) is 4.92 Å². The van der Waals surface area contributed by atoms with Crippen molar-refractivity contribution in [1.29, 1.82) is 0 Å². The Labute approximate surface area is 123 Å². The van der Waals surface area contributed by atoms with Crippen LogP contribution in [0.15, 0.2) is 22.7 Å². The number of nitrogens with zero attached hydrogens (tertiary/aromatic N) is 2. The third-order valence-corrected chi connectivity index (χ3v) is 3.80.